The molecule has 2 aromatic carbocycles. The standard InChI is InChI=1S/C23H25ClFN3O2S2/c1-23(2,3)17-5-7-18(8-6-17)32(29,30)28-12-10-27(11-13-28)22-26-21(15-31-22)16-4-9-19(24)20(25)14-16/h4-9,14-15H,10-13H2,1-3H3. The van der Waals surface area contributed by atoms with Crippen LogP contribution in [0, 0.1) is 5.82 Å². The lowest BCUT2D eigenvalue weighted by Gasteiger charge is -2.33. The SMILES string of the molecule is CC(C)(C)c1ccc(S(=O)(=O)N2CCN(c3nc(-c4ccc(Cl)c(F)c4)cs3)CC2)cc1. The first-order valence-electron chi connectivity index (χ1n) is 10.3. The predicted molar refractivity (Wildman–Crippen MR) is 129 cm³/mol. The molecule has 1 aliphatic heterocycles. The highest BCUT2D eigenvalue weighted by atomic mass is 35.5. The first-order valence-corrected chi connectivity index (χ1v) is 13.0. The zero-order valence-electron chi connectivity index (χ0n) is 18.2. The summed E-state index contributed by atoms with van der Waals surface area (Å²) in [4.78, 5) is 7.00. The molecule has 9 heteroatoms. The van der Waals surface area contributed by atoms with Gasteiger partial charge in [0.15, 0.2) is 5.13 Å². The second-order valence-corrected chi connectivity index (χ2v) is 12.0. The Morgan fingerprint density at radius 2 is 1.69 bits per heavy atom. The summed E-state index contributed by atoms with van der Waals surface area (Å²) in [6.45, 7) is 8.15. The van der Waals surface area contributed by atoms with Gasteiger partial charge in [-0.25, -0.2) is 17.8 Å². The van der Waals surface area contributed by atoms with Crippen molar-refractivity contribution in [2.45, 2.75) is 31.1 Å². The molecule has 4 rings (SSSR count). The lowest BCUT2D eigenvalue weighted by Crippen LogP contribution is -2.48. The Labute approximate surface area is 197 Å². The van der Waals surface area contributed by atoms with Gasteiger partial charge >= 0.3 is 0 Å². The second kappa shape index (κ2) is 8.74. The predicted octanol–water partition coefficient (Wildman–Crippen LogP) is 5.41. The van der Waals surface area contributed by atoms with Crippen molar-refractivity contribution in [2.24, 2.45) is 0 Å². The van der Waals surface area contributed by atoms with Crippen LogP contribution in [0.25, 0.3) is 11.3 Å². The maximum atomic E-state index is 13.8. The van der Waals surface area contributed by atoms with Crippen molar-refractivity contribution in [1.82, 2.24) is 9.29 Å². The first kappa shape index (κ1) is 23.2. The number of nitrogens with zero attached hydrogens (tertiary/aromatic N) is 3. The van der Waals surface area contributed by atoms with Gasteiger partial charge in [-0.15, -0.1) is 11.3 Å². The highest BCUT2D eigenvalue weighted by Crippen LogP contribution is 2.31. The van der Waals surface area contributed by atoms with Crippen molar-refractivity contribution < 1.29 is 12.8 Å². The molecule has 1 saturated heterocycles. The van der Waals surface area contributed by atoms with Gasteiger partial charge in [-0.2, -0.15) is 4.31 Å². The molecule has 5 nitrogen and oxygen atoms in total. The molecule has 2 heterocycles. The topological polar surface area (TPSA) is 53.5 Å². The number of benzene rings is 2. The Morgan fingerprint density at radius 3 is 2.28 bits per heavy atom. The minimum Gasteiger partial charge on any atom is -0.345 e. The first-order chi connectivity index (χ1) is 15.1. The molecular formula is C23H25ClFN3O2S2. The summed E-state index contributed by atoms with van der Waals surface area (Å²) in [5, 5.41) is 2.74. The van der Waals surface area contributed by atoms with Crippen LogP contribution in [0.2, 0.25) is 5.02 Å². The highest BCUT2D eigenvalue weighted by Gasteiger charge is 2.29. The quantitative estimate of drug-likeness (QED) is 0.487. The van der Waals surface area contributed by atoms with Crippen LogP contribution in [-0.2, 0) is 15.4 Å². The summed E-state index contributed by atoms with van der Waals surface area (Å²) < 4.78 is 41.5. The number of piperazine rings is 1. The van der Waals surface area contributed by atoms with E-state index >= 15 is 0 Å². The van der Waals surface area contributed by atoms with E-state index < -0.39 is 15.8 Å². The largest absolute Gasteiger partial charge is 0.345 e. The van der Waals surface area contributed by atoms with Crippen molar-refractivity contribution in [2.75, 3.05) is 31.1 Å². The van der Waals surface area contributed by atoms with Gasteiger partial charge in [0.05, 0.1) is 15.6 Å². The molecule has 0 saturated carbocycles. The van der Waals surface area contributed by atoms with E-state index in [4.69, 9.17) is 11.6 Å². The number of thiazole rings is 1. The Morgan fingerprint density at radius 1 is 1.03 bits per heavy atom. The summed E-state index contributed by atoms with van der Waals surface area (Å²) in [5.41, 5.74) is 2.41. The molecule has 0 N–H and O–H groups in total. The van der Waals surface area contributed by atoms with Crippen LogP contribution in [0.1, 0.15) is 26.3 Å². The average Bonchev–Trinajstić information content (AvgIpc) is 3.25. The van der Waals surface area contributed by atoms with E-state index in [9.17, 15) is 12.8 Å². The smallest absolute Gasteiger partial charge is 0.243 e. The number of hydrogen-bond acceptors (Lipinski definition) is 5. The van der Waals surface area contributed by atoms with Crippen LogP contribution in [0.15, 0.2) is 52.7 Å². The molecule has 1 fully saturated rings. The van der Waals surface area contributed by atoms with Gasteiger partial charge in [-0.3, -0.25) is 0 Å². The van der Waals surface area contributed by atoms with Gasteiger partial charge in [0, 0.05) is 37.1 Å². The Balaban J connectivity index is 1.44. The summed E-state index contributed by atoms with van der Waals surface area (Å²) in [6.07, 6.45) is 0. The molecule has 1 aromatic heterocycles. The fraction of sp³-hybridized carbons (Fsp3) is 0.348. The molecule has 170 valence electrons. The summed E-state index contributed by atoms with van der Waals surface area (Å²) in [5.74, 6) is -0.479. The maximum absolute atomic E-state index is 13.8. The molecule has 0 amide bonds. The van der Waals surface area contributed by atoms with E-state index in [0.717, 1.165) is 10.7 Å². The number of rotatable bonds is 4. The monoisotopic (exact) mass is 493 g/mol. The van der Waals surface area contributed by atoms with E-state index in [1.165, 1.54) is 27.8 Å². The number of aromatic nitrogens is 1. The fourth-order valence-corrected chi connectivity index (χ4v) is 6.02. The van der Waals surface area contributed by atoms with Crippen molar-refractivity contribution in [1.29, 1.82) is 0 Å². The van der Waals surface area contributed by atoms with E-state index in [0.29, 0.717) is 42.3 Å². The van der Waals surface area contributed by atoms with Crippen molar-refractivity contribution in [3.63, 3.8) is 0 Å². The van der Waals surface area contributed by atoms with Crippen LogP contribution < -0.4 is 4.90 Å². The van der Waals surface area contributed by atoms with Crippen LogP contribution in [0.3, 0.4) is 0 Å². The van der Waals surface area contributed by atoms with E-state index in [1.807, 2.05) is 17.5 Å². The van der Waals surface area contributed by atoms with Crippen molar-refractivity contribution >= 4 is 38.1 Å². The third-order valence-corrected chi connectivity index (χ3v) is 8.70. The van der Waals surface area contributed by atoms with Crippen LogP contribution in [-0.4, -0.2) is 43.9 Å². The Bertz CT molecular complexity index is 1210. The minimum absolute atomic E-state index is 0.0295. The summed E-state index contributed by atoms with van der Waals surface area (Å²) >= 11 is 7.22. The molecule has 0 radical (unpaired) electrons. The normalized spacial score (nSPS) is 15.8. The number of hydrogen-bond donors (Lipinski definition) is 0. The lowest BCUT2D eigenvalue weighted by atomic mass is 9.87. The van der Waals surface area contributed by atoms with Gasteiger partial charge in [-0.1, -0.05) is 50.6 Å². The molecule has 0 atom stereocenters. The molecule has 1 aliphatic rings. The maximum Gasteiger partial charge on any atom is 0.243 e. The summed E-state index contributed by atoms with van der Waals surface area (Å²) in [6, 6.07) is 11.8. The van der Waals surface area contributed by atoms with Crippen molar-refractivity contribution in [3.05, 3.63) is 64.2 Å². The highest BCUT2D eigenvalue weighted by molar-refractivity contribution is 7.89. The van der Waals surface area contributed by atoms with Gasteiger partial charge < -0.3 is 4.90 Å². The van der Waals surface area contributed by atoms with Gasteiger partial charge in [0.1, 0.15) is 5.82 Å². The molecule has 32 heavy (non-hydrogen) atoms. The summed E-state index contributed by atoms with van der Waals surface area (Å²) in [7, 11) is -3.54. The van der Waals surface area contributed by atoms with Crippen LogP contribution in [0.5, 0.6) is 0 Å². The average molecular weight is 494 g/mol. The molecular weight excluding hydrogens is 469 g/mol. The van der Waals surface area contributed by atoms with Gasteiger partial charge in [0.25, 0.3) is 0 Å². The lowest BCUT2D eigenvalue weighted by molar-refractivity contribution is 0.384. The van der Waals surface area contributed by atoms with E-state index in [-0.39, 0.29) is 10.4 Å². The van der Waals surface area contributed by atoms with Gasteiger partial charge in [0.2, 0.25) is 10.0 Å². The van der Waals surface area contributed by atoms with E-state index in [2.05, 4.69) is 30.7 Å². The molecule has 3 aromatic rings. The third-order valence-electron chi connectivity index (χ3n) is 5.57. The van der Waals surface area contributed by atoms with Crippen LogP contribution >= 0.6 is 22.9 Å². The van der Waals surface area contributed by atoms with Crippen molar-refractivity contribution in [3.8, 4) is 11.3 Å². The zero-order chi connectivity index (χ0) is 23.1. The number of halogens is 2. The van der Waals surface area contributed by atoms with Crippen LogP contribution in [0.4, 0.5) is 9.52 Å². The second-order valence-electron chi connectivity index (χ2n) is 8.81. The minimum atomic E-state index is -3.54. The fourth-order valence-electron chi connectivity index (χ4n) is 3.59. The number of anilines is 1. The zero-order valence-corrected chi connectivity index (χ0v) is 20.6. The molecule has 0 bridgehead atoms. The van der Waals surface area contributed by atoms with E-state index in [1.54, 1.807) is 18.2 Å². The third kappa shape index (κ3) is 4.69. The number of sulfonamides is 1. The molecule has 0 aliphatic carbocycles. The van der Waals surface area contributed by atoms with Gasteiger partial charge in [-0.05, 0) is 35.2 Å². The Hall–Kier alpha value is -2.00. The Kier molecular flexibility index (Phi) is 6.33. The molecule has 0 unspecified atom stereocenters. The molecule has 0 spiro atoms.